The van der Waals surface area contributed by atoms with Gasteiger partial charge in [-0.05, 0) is 19.8 Å². The molecule has 0 unspecified atom stereocenters. The summed E-state index contributed by atoms with van der Waals surface area (Å²) in [7, 11) is 0. The molecule has 0 aliphatic heterocycles. The lowest BCUT2D eigenvalue weighted by atomic mass is 10.2. The average Bonchev–Trinajstić information content (AvgIpc) is 2.74. The van der Waals surface area contributed by atoms with E-state index in [4.69, 9.17) is 5.73 Å². The summed E-state index contributed by atoms with van der Waals surface area (Å²) < 4.78 is 1.06. The summed E-state index contributed by atoms with van der Waals surface area (Å²) in [5.74, 6) is 0.707. The van der Waals surface area contributed by atoms with E-state index in [0.717, 1.165) is 48.7 Å². The van der Waals surface area contributed by atoms with E-state index >= 15 is 0 Å². The van der Waals surface area contributed by atoms with E-state index < -0.39 is 0 Å². The van der Waals surface area contributed by atoms with Crippen LogP contribution in [0.1, 0.15) is 45.2 Å². The van der Waals surface area contributed by atoms with Crippen LogP contribution in [0.4, 0.5) is 5.13 Å². The van der Waals surface area contributed by atoms with Gasteiger partial charge in [0.05, 0.1) is 15.7 Å². The number of carbonyl (C=O) groups is 1. The minimum atomic E-state index is 0.225. The summed E-state index contributed by atoms with van der Waals surface area (Å²) in [6.45, 7) is 7.99. The Morgan fingerprint density at radius 2 is 1.90 bits per heavy atom. The van der Waals surface area contributed by atoms with Gasteiger partial charge in [-0.2, -0.15) is 0 Å². The number of thiazole rings is 1. The maximum absolute atomic E-state index is 12.3. The molecule has 2 N–H and O–H groups in total. The van der Waals surface area contributed by atoms with Crippen LogP contribution in [-0.4, -0.2) is 34.6 Å². The van der Waals surface area contributed by atoms with Crippen molar-refractivity contribution in [1.29, 1.82) is 0 Å². The van der Waals surface area contributed by atoms with Crippen molar-refractivity contribution in [3.05, 3.63) is 5.69 Å². The standard InChI is InChI=1S/C14H25N3OS2/c1-4-6-8-17(9-7-5-2)12(18)10-19-13-11(3)16-14(15)20-13/h4-10H2,1-3H3,(H2,15,16). The Morgan fingerprint density at radius 1 is 1.30 bits per heavy atom. The third kappa shape index (κ3) is 5.71. The third-order valence-corrected chi connectivity index (χ3v) is 5.35. The number of carbonyl (C=O) groups excluding carboxylic acids is 1. The van der Waals surface area contributed by atoms with Gasteiger partial charge in [-0.3, -0.25) is 4.79 Å². The number of anilines is 1. The highest BCUT2D eigenvalue weighted by atomic mass is 32.2. The lowest BCUT2D eigenvalue weighted by molar-refractivity contribution is -0.128. The second kappa shape index (κ2) is 9.23. The quantitative estimate of drug-likeness (QED) is 0.708. The summed E-state index contributed by atoms with van der Waals surface area (Å²) in [6.07, 6.45) is 4.39. The van der Waals surface area contributed by atoms with Crippen molar-refractivity contribution in [1.82, 2.24) is 9.88 Å². The van der Waals surface area contributed by atoms with E-state index in [0.29, 0.717) is 10.9 Å². The zero-order valence-corrected chi connectivity index (χ0v) is 14.3. The summed E-state index contributed by atoms with van der Waals surface area (Å²) in [5, 5.41) is 0.575. The molecule has 0 spiro atoms. The zero-order chi connectivity index (χ0) is 15.0. The molecule has 0 saturated carbocycles. The number of aryl methyl sites for hydroxylation is 1. The second-order valence-electron chi connectivity index (χ2n) is 4.80. The predicted octanol–water partition coefficient (Wildman–Crippen LogP) is 3.55. The summed E-state index contributed by atoms with van der Waals surface area (Å²) in [5.41, 5.74) is 6.61. The van der Waals surface area contributed by atoms with Gasteiger partial charge in [-0.1, -0.05) is 38.0 Å². The number of nitrogen functional groups attached to an aromatic ring is 1. The van der Waals surface area contributed by atoms with Crippen molar-refractivity contribution >= 4 is 34.1 Å². The number of rotatable bonds is 9. The van der Waals surface area contributed by atoms with Crippen molar-refractivity contribution in [2.75, 3.05) is 24.6 Å². The van der Waals surface area contributed by atoms with Crippen LogP contribution in [0, 0.1) is 6.92 Å². The first-order valence-corrected chi connectivity index (χ1v) is 9.02. The molecule has 0 aliphatic carbocycles. The van der Waals surface area contributed by atoms with E-state index in [2.05, 4.69) is 18.8 Å². The van der Waals surface area contributed by atoms with E-state index in [1.807, 2.05) is 11.8 Å². The molecule has 1 aromatic heterocycles. The molecule has 1 rings (SSSR count). The smallest absolute Gasteiger partial charge is 0.232 e. The Morgan fingerprint density at radius 3 is 2.35 bits per heavy atom. The third-order valence-electron chi connectivity index (χ3n) is 3.01. The van der Waals surface area contributed by atoms with E-state index in [1.165, 1.54) is 11.3 Å². The van der Waals surface area contributed by atoms with Gasteiger partial charge < -0.3 is 10.6 Å². The van der Waals surface area contributed by atoms with Gasteiger partial charge >= 0.3 is 0 Å². The lowest BCUT2D eigenvalue weighted by Crippen LogP contribution is -2.34. The number of thioether (sulfide) groups is 1. The van der Waals surface area contributed by atoms with Crippen molar-refractivity contribution in [2.24, 2.45) is 0 Å². The molecular weight excluding hydrogens is 290 g/mol. The molecule has 4 nitrogen and oxygen atoms in total. The first-order valence-electron chi connectivity index (χ1n) is 7.21. The largest absolute Gasteiger partial charge is 0.375 e. The van der Waals surface area contributed by atoms with Gasteiger partial charge in [-0.15, -0.1) is 11.8 Å². The highest BCUT2D eigenvalue weighted by Crippen LogP contribution is 2.30. The minimum Gasteiger partial charge on any atom is -0.375 e. The molecule has 6 heteroatoms. The van der Waals surface area contributed by atoms with Gasteiger partial charge in [0.25, 0.3) is 0 Å². The first-order chi connectivity index (χ1) is 9.58. The SMILES string of the molecule is CCCCN(CCCC)C(=O)CSc1sc(N)nc1C. The number of hydrogen-bond donors (Lipinski definition) is 1. The predicted molar refractivity (Wildman–Crippen MR) is 88.4 cm³/mol. The average molecular weight is 316 g/mol. The van der Waals surface area contributed by atoms with Crippen LogP contribution in [0.15, 0.2) is 4.21 Å². The van der Waals surface area contributed by atoms with Gasteiger partial charge in [0.15, 0.2) is 5.13 Å². The molecule has 0 atom stereocenters. The topological polar surface area (TPSA) is 59.2 Å². The number of nitrogens with two attached hydrogens (primary N) is 1. The van der Waals surface area contributed by atoms with Gasteiger partial charge in [0.1, 0.15) is 0 Å². The number of nitrogens with zero attached hydrogens (tertiary/aromatic N) is 2. The Kier molecular flexibility index (Phi) is 7.99. The molecule has 0 aliphatic rings. The normalized spacial score (nSPS) is 10.8. The fourth-order valence-corrected chi connectivity index (χ4v) is 3.74. The molecule has 0 radical (unpaired) electrons. The molecular formula is C14H25N3OS2. The van der Waals surface area contributed by atoms with Crippen LogP contribution in [0.5, 0.6) is 0 Å². The Hall–Kier alpha value is -0.750. The molecule has 20 heavy (non-hydrogen) atoms. The molecule has 114 valence electrons. The van der Waals surface area contributed by atoms with Gasteiger partial charge in [-0.25, -0.2) is 4.98 Å². The Bertz CT molecular complexity index is 413. The lowest BCUT2D eigenvalue weighted by Gasteiger charge is -2.22. The molecule has 1 heterocycles. The van der Waals surface area contributed by atoms with E-state index in [9.17, 15) is 4.79 Å². The summed E-state index contributed by atoms with van der Waals surface area (Å²) >= 11 is 3.02. The fourth-order valence-electron chi connectivity index (χ4n) is 1.81. The molecule has 0 fully saturated rings. The van der Waals surface area contributed by atoms with Crippen molar-refractivity contribution in [3.63, 3.8) is 0 Å². The molecule has 0 bridgehead atoms. The van der Waals surface area contributed by atoms with Gasteiger partial charge in [0.2, 0.25) is 5.91 Å². The van der Waals surface area contributed by atoms with Crippen LogP contribution in [-0.2, 0) is 4.79 Å². The number of unbranched alkanes of at least 4 members (excludes halogenated alkanes) is 2. The Labute approximate surface area is 130 Å². The van der Waals surface area contributed by atoms with Crippen LogP contribution in [0.25, 0.3) is 0 Å². The zero-order valence-electron chi connectivity index (χ0n) is 12.6. The maximum atomic E-state index is 12.3. The molecule has 0 aromatic carbocycles. The second-order valence-corrected chi connectivity index (χ2v) is 7.08. The monoisotopic (exact) mass is 315 g/mol. The maximum Gasteiger partial charge on any atom is 0.232 e. The van der Waals surface area contributed by atoms with Crippen molar-refractivity contribution < 1.29 is 4.79 Å². The van der Waals surface area contributed by atoms with Crippen LogP contribution >= 0.6 is 23.1 Å². The fraction of sp³-hybridized carbons (Fsp3) is 0.714. The van der Waals surface area contributed by atoms with Crippen LogP contribution < -0.4 is 5.73 Å². The molecule has 1 aromatic rings. The number of hydrogen-bond acceptors (Lipinski definition) is 5. The van der Waals surface area contributed by atoms with Crippen molar-refractivity contribution in [3.8, 4) is 0 Å². The molecule has 0 saturated heterocycles. The van der Waals surface area contributed by atoms with Crippen molar-refractivity contribution in [2.45, 2.75) is 50.7 Å². The number of amides is 1. The summed E-state index contributed by atoms with van der Waals surface area (Å²) in [4.78, 5) is 18.5. The highest BCUT2D eigenvalue weighted by molar-refractivity contribution is 8.01. The molecule has 1 amide bonds. The van der Waals surface area contributed by atoms with Gasteiger partial charge in [0, 0.05) is 13.1 Å². The summed E-state index contributed by atoms with van der Waals surface area (Å²) in [6, 6.07) is 0. The van der Waals surface area contributed by atoms with Crippen LogP contribution in [0.2, 0.25) is 0 Å². The number of aromatic nitrogens is 1. The highest BCUT2D eigenvalue weighted by Gasteiger charge is 2.14. The van der Waals surface area contributed by atoms with E-state index in [-0.39, 0.29) is 5.91 Å². The van der Waals surface area contributed by atoms with Crippen LogP contribution in [0.3, 0.4) is 0 Å². The van der Waals surface area contributed by atoms with E-state index in [1.54, 1.807) is 11.8 Å². The minimum absolute atomic E-state index is 0.225. The first kappa shape index (κ1) is 17.3. The Balaban J connectivity index is 2.49.